The number of nitrogens with one attached hydrogen (secondary N) is 3. The van der Waals surface area contributed by atoms with Crippen LogP contribution in [0.1, 0.15) is 71.2 Å². The molecule has 2 aromatic heterocycles. The Morgan fingerprint density at radius 3 is 2.64 bits per heavy atom. The number of imide groups is 2. The van der Waals surface area contributed by atoms with Gasteiger partial charge in [-0.15, -0.1) is 6.42 Å². The van der Waals surface area contributed by atoms with E-state index in [-0.39, 0.29) is 108 Å². The number of rotatable bonds is 12. The van der Waals surface area contributed by atoms with Gasteiger partial charge in [0.1, 0.15) is 47.9 Å². The second-order valence-electron chi connectivity index (χ2n) is 19.6. The molecule has 370 valence electrons. The van der Waals surface area contributed by atoms with Crippen LogP contribution in [0.4, 0.5) is 25.1 Å². The lowest BCUT2D eigenvalue weighted by molar-refractivity contribution is -0.136. The van der Waals surface area contributed by atoms with Crippen molar-refractivity contribution < 1.29 is 47.3 Å². The fourth-order valence-corrected chi connectivity index (χ4v) is 11.6. The van der Waals surface area contributed by atoms with Gasteiger partial charge in [-0.25, -0.2) is 13.6 Å². The number of aromatic nitrogens is 3. The first-order valence-corrected chi connectivity index (χ1v) is 24.0. The number of hydrogen-bond acceptors (Lipinski definition) is 15. The van der Waals surface area contributed by atoms with E-state index in [1.165, 1.54) is 41.4 Å². The molecule has 11 rings (SSSR count). The van der Waals surface area contributed by atoms with Crippen molar-refractivity contribution in [2.75, 3.05) is 63.2 Å². The maximum Gasteiger partial charge on any atom is 0.409 e. The molecule has 0 spiro atoms. The number of aromatic hydroxyl groups is 1. The number of phenolic OH excluding ortho intramolecular Hbond substituents is 1. The summed E-state index contributed by atoms with van der Waals surface area (Å²) in [5.41, 5.74) is 0.836. The number of phenols is 1. The van der Waals surface area contributed by atoms with Crippen LogP contribution in [-0.4, -0.2) is 147 Å². The zero-order chi connectivity index (χ0) is 50.2. The Kier molecular flexibility index (Phi) is 11.7. The maximum atomic E-state index is 17.2. The topological polar surface area (TPSA) is 212 Å². The lowest BCUT2D eigenvalue weighted by Gasteiger charge is -2.35. The van der Waals surface area contributed by atoms with Crippen molar-refractivity contribution in [1.82, 2.24) is 40.3 Å². The molecular formula is C52H50F2N10O8. The van der Waals surface area contributed by atoms with E-state index in [1.54, 1.807) is 19.2 Å². The average Bonchev–Trinajstić information content (AvgIpc) is 4.07. The van der Waals surface area contributed by atoms with E-state index in [2.05, 4.69) is 48.2 Å². The molecule has 6 aliphatic heterocycles. The van der Waals surface area contributed by atoms with Crippen LogP contribution in [0.5, 0.6) is 11.8 Å². The maximum absolute atomic E-state index is 17.2. The van der Waals surface area contributed by atoms with Gasteiger partial charge in [0.25, 0.3) is 11.8 Å². The lowest BCUT2D eigenvalue weighted by Crippen LogP contribution is -2.54. The average molecular weight is 981 g/mol. The van der Waals surface area contributed by atoms with E-state index in [4.69, 9.17) is 20.9 Å². The quantitative estimate of drug-likeness (QED) is 0.0746. The minimum absolute atomic E-state index is 0.00925. The second kappa shape index (κ2) is 18.1. The van der Waals surface area contributed by atoms with E-state index >= 15 is 8.78 Å². The van der Waals surface area contributed by atoms with Crippen molar-refractivity contribution >= 4 is 62.9 Å². The minimum Gasteiger partial charge on any atom is -0.508 e. The fraction of sp³-hybridized carbons (Fsp3) is 0.385. The number of ether oxygens (including phenoxy) is 2. The van der Waals surface area contributed by atoms with Crippen molar-refractivity contribution in [1.29, 1.82) is 0 Å². The third-order valence-corrected chi connectivity index (χ3v) is 15.0. The summed E-state index contributed by atoms with van der Waals surface area (Å²) in [5, 5.41) is 20.7. The lowest BCUT2D eigenvalue weighted by atomic mass is 9.94. The summed E-state index contributed by atoms with van der Waals surface area (Å²) < 4.78 is 44.7. The SMILES string of the molecule is C#Cc1c(F)ccc2cc(O)cc(-c3ncc4c(N5C[C@H]6CC[C@@H](C5)N6)nc(OC[C@@]56CC[C@@H](COC(=O)N(C)CCNc7cccc8c7C(=O)N(C7CCC(=O)NC7=O)C8=O)N5CC(=C)C6)nc4c3F)c12. The number of likely N-dealkylation sites (N-methyl/N-ethyl adjacent to an activating group) is 1. The summed E-state index contributed by atoms with van der Waals surface area (Å²) in [6.07, 6.45) is 10.7. The Morgan fingerprint density at radius 2 is 1.86 bits per heavy atom. The van der Waals surface area contributed by atoms with Crippen molar-refractivity contribution in [2.45, 2.75) is 74.7 Å². The predicted molar refractivity (Wildman–Crippen MR) is 259 cm³/mol. The molecule has 1 unspecified atom stereocenters. The number of benzene rings is 3. The Morgan fingerprint density at radius 1 is 1.06 bits per heavy atom. The van der Waals surface area contributed by atoms with Gasteiger partial charge in [-0.3, -0.25) is 39.3 Å². The first kappa shape index (κ1) is 46.6. The van der Waals surface area contributed by atoms with E-state index in [9.17, 15) is 29.1 Å². The molecule has 2 bridgehead atoms. The Bertz CT molecular complexity index is 3210. The summed E-state index contributed by atoms with van der Waals surface area (Å²) >= 11 is 0. The van der Waals surface area contributed by atoms with Crippen molar-refractivity contribution in [3.63, 3.8) is 0 Å². The molecule has 3 aromatic carbocycles. The van der Waals surface area contributed by atoms with Gasteiger partial charge in [0, 0.05) is 87.2 Å². The fourth-order valence-electron chi connectivity index (χ4n) is 11.6. The smallest absolute Gasteiger partial charge is 0.409 e. The third-order valence-electron chi connectivity index (χ3n) is 15.0. The summed E-state index contributed by atoms with van der Waals surface area (Å²) in [6.45, 7) is 6.70. The Labute approximate surface area is 411 Å². The van der Waals surface area contributed by atoms with Crippen LogP contribution >= 0.6 is 0 Å². The molecule has 0 aliphatic carbocycles. The highest BCUT2D eigenvalue weighted by molar-refractivity contribution is 6.25. The number of carbonyl (C=O) groups is 5. The van der Waals surface area contributed by atoms with Gasteiger partial charge < -0.3 is 35.0 Å². The number of fused-ring (bicyclic) bond motifs is 6. The minimum atomic E-state index is -1.09. The molecule has 5 atom stereocenters. The van der Waals surface area contributed by atoms with Gasteiger partial charge in [-0.2, -0.15) is 9.97 Å². The second-order valence-corrected chi connectivity index (χ2v) is 19.6. The number of carbonyl (C=O) groups excluding carboxylic acids is 5. The highest BCUT2D eigenvalue weighted by atomic mass is 19.1. The van der Waals surface area contributed by atoms with Crippen LogP contribution < -0.4 is 25.6 Å². The van der Waals surface area contributed by atoms with Gasteiger partial charge in [0.15, 0.2) is 5.82 Å². The summed E-state index contributed by atoms with van der Waals surface area (Å²) in [5.74, 6) is -1.23. The number of pyridine rings is 1. The first-order valence-electron chi connectivity index (χ1n) is 24.0. The third kappa shape index (κ3) is 8.05. The predicted octanol–water partition coefficient (Wildman–Crippen LogP) is 4.87. The molecule has 18 nitrogen and oxygen atoms in total. The number of anilines is 2. The van der Waals surface area contributed by atoms with E-state index in [0.29, 0.717) is 61.2 Å². The largest absolute Gasteiger partial charge is 0.508 e. The van der Waals surface area contributed by atoms with E-state index in [0.717, 1.165) is 23.3 Å². The number of amides is 5. The molecule has 6 aliphatic rings. The van der Waals surface area contributed by atoms with Crippen molar-refractivity contribution in [3.8, 4) is 35.4 Å². The number of piperazine rings is 1. The molecular weight excluding hydrogens is 931 g/mol. The summed E-state index contributed by atoms with van der Waals surface area (Å²) in [4.78, 5) is 85.3. The molecule has 5 fully saturated rings. The first-order chi connectivity index (χ1) is 34.7. The molecule has 4 N–H and O–H groups in total. The van der Waals surface area contributed by atoms with Crippen LogP contribution in [0.25, 0.3) is 32.9 Å². The molecule has 72 heavy (non-hydrogen) atoms. The van der Waals surface area contributed by atoms with Gasteiger partial charge in [0.05, 0.1) is 27.6 Å². The zero-order valence-corrected chi connectivity index (χ0v) is 39.3. The number of terminal acetylenes is 1. The Hall–Kier alpha value is -7.76. The van der Waals surface area contributed by atoms with Crippen molar-refractivity contribution in [2.24, 2.45) is 0 Å². The molecule has 20 heteroatoms. The molecule has 8 heterocycles. The van der Waals surface area contributed by atoms with Crippen LogP contribution in [0, 0.1) is 24.0 Å². The van der Waals surface area contributed by atoms with Gasteiger partial charge >= 0.3 is 12.1 Å². The van der Waals surface area contributed by atoms with Gasteiger partial charge in [-0.1, -0.05) is 30.2 Å². The van der Waals surface area contributed by atoms with Crippen LogP contribution in [0.2, 0.25) is 0 Å². The monoisotopic (exact) mass is 980 g/mol. The normalized spacial score (nSPS) is 23.7. The molecule has 5 aromatic rings. The molecule has 5 amide bonds. The number of hydrogen-bond donors (Lipinski definition) is 4. The molecule has 0 radical (unpaired) electrons. The highest BCUT2D eigenvalue weighted by Gasteiger charge is 2.52. The number of nitrogens with zero attached hydrogens (tertiary/aromatic N) is 7. The van der Waals surface area contributed by atoms with Crippen LogP contribution in [-0.2, 0) is 14.3 Å². The summed E-state index contributed by atoms with van der Waals surface area (Å²) in [6, 6.07) is 9.31. The Balaban J connectivity index is 0.781. The standard InChI is InChI=1S/C52H50F2N10O8/c1-4-33-37(53)11-8-28-18-32(65)19-35(41(28)33)44-43(54)45-36(21-56-44)46(62-23-29-9-10-30(24-62)57-29)60-50(59-45)72-26-52-15-14-31(63(52)22-27(2)20-52)25-71-51(70)61(3)17-16-55-38-7-5-6-34-42(38)49(69)64(48(34)68)39-12-13-40(66)58-47(39)67/h1,5-8,11,18-19,21,29-31,39,55,57,65H,2,9-10,12-17,20,22-26H2,3H3,(H,58,66,67)/t29-,30+,31-,39?,52-/m0/s1. The number of halogens is 2. The summed E-state index contributed by atoms with van der Waals surface area (Å²) in [7, 11) is 1.59. The van der Waals surface area contributed by atoms with Crippen molar-refractivity contribution in [3.05, 3.63) is 89.1 Å². The molecule has 5 saturated heterocycles. The van der Waals surface area contributed by atoms with Gasteiger partial charge in [-0.05, 0) is 74.2 Å². The van der Waals surface area contributed by atoms with Gasteiger partial charge in [0.2, 0.25) is 11.8 Å². The molecule has 0 saturated carbocycles. The zero-order valence-electron chi connectivity index (χ0n) is 39.3. The highest BCUT2D eigenvalue weighted by Crippen LogP contribution is 2.45. The van der Waals surface area contributed by atoms with E-state index in [1.807, 2.05) is 0 Å². The van der Waals surface area contributed by atoms with E-state index < -0.39 is 52.9 Å². The number of piperidine rings is 1. The van der Waals surface area contributed by atoms with Crippen LogP contribution in [0.3, 0.4) is 0 Å². The van der Waals surface area contributed by atoms with Crippen LogP contribution in [0.15, 0.2) is 60.8 Å².